The second kappa shape index (κ2) is 6.29. The first-order chi connectivity index (χ1) is 11.9. The molecule has 6 nitrogen and oxygen atoms in total. The number of allylic oxidation sites excluding steroid dienone is 1. The zero-order valence-electron chi connectivity index (χ0n) is 12.7. The summed E-state index contributed by atoms with van der Waals surface area (Å²) in [5, 5.41) is 6.24. The van der Waals surface area contributed by atoms with Crippen LogP contribution in [0.3, 0.4) is 0 Å². The van der Waals surface area contributed by atoms with Crippen LogP contribution in [-0.2, 0) is 0 Å². The molecule has 0 saturated carbocycles. The van der Waals surface area contributed by atoms with Crippen LogP contribution in [0, 0.1) is 0 Å². The van der Waals surface area contributed by atoms with Crippen LogP contribution in [0.25, 0.3) is 5.70 Å². The molecule has 1 aliphatic heterocycles. The van der Waals surface area contributed by atoms with E-state index in [-0.39, 0.29) is 0 Å². The maximum Gasteiger partial charge on any atom is 0.172 e. The number of aromatic nitrogens is 3. The van der Waals surface area contributed by atoms with Gasteiger partial charge < -0.3 is 0 Å². The topological polar surface area (TPSA) is 66.3 Å². The Labute approximate surface area is 139 Å². The van der Waals surface area contributed by atoms with Crippen molar-refractivity contribution in [3.8, 4) is 0 Å². The largest absolute Gasteiger partial charge is 0.274 e. The Balaban J connectivity index is 1.79. The van der Waals surface area contributed by atoms with Gasteiger partial charge >= 0.3 is 0 Å². The van der Waals surface area contributed by atoms with E-state index in [4.69, 9.17) is 0 Å². The lowest BCUT2D eigenvalue weighted by molar-refractivity contribution is 0.767. The van der Waals surface area contributed by atoms with Crippen molar-refractivity contribution in [2.24, 2.45) is 5.10 Å². The number of rotatable bonds is 3. The summed E-state index contributed by atoms with van der Waals surface area (Å²) < 4.78 is 0. The first-order valence-electron chi connectivity index (χ1n) is 7.51. The van der Waals surface area contributed by atoms with Crippen LogP contribution in [0.15, 0.2) is 84.4 Å². The number of nitrogens with zero attached hydrogens (tertiary/aromatic N) is 5. The fourth-order valence-electron chi connectivity index (χ4n) is 2.32. The minimum absolute atomic E-state index is 0.687. The van der Waals surface area contributed by atoms with Crippen molar-refractivity contribution in [1.29, 1.82) is 0 Å². The molecule has 0 atom stereocenters. The zero-order chi connectivity index (χ0) is 16.2. The van der Waals surface area contributed by atoms with Crippen LogP contribution in [0.5, 0.6) is 0 Å². The monoisotopic (exact) mass is 314 g/mol. The van der Waals surface area contributed by atoms with E-state index in [0.29, 0.717) is 5.82 Å². The van der Waals surface area contributed by atoms with Crippen molar-refractivity contribution < 1.29 is 0 Å². The number of anilines is 1. The van der Waals surface area contributed by atoms with Crippen LogP contribution in [-0.4, -0.2) is 20.7 Å². The van der Waals surface area contributed by atoms with Gasteiger partial charge in [0.25, 0.3) is 0 Å². The second-order valence-corrected chi connectivity index (χ2v) is 5.08. The standard InChI is InChI=1S/C18H14N6/c1-4-10-19-14(7-1)16-13-17(15-8-2-5-11-20-15)23-24(22-16)18-9-3-6-12-21-18/h1-13,22H. The van der Waals surface area contributed by atoms with Gasteiger partial charge in [0.2, 0.25) is 0 Å². The van der Waals surface area contributed by atoms with Gasteiger partial charge in [-0.25, -0.2) is 4.98 Å². The molecule has 0 aromatic carbocycles. The molecule has 0 aliphatic carbocycles. The third-order valence-corrected chi connectivity index (χ3v) is 3.45. The number of hydrogen-bond donors (Lipinski definition) is 1. The number of hydrazine groups is 1. The number of nitrogens with one attached hydrogen (secondary N) is 1. The Bertz CT molecular complexity index is 875. The lowest BCUT2D eigenvalue weighted by Gasteiger charge is -2.26. The van der Waals surface area contributed by atoms with Gasteiger partial charge in [0.1, 0.15) is 5.71 Å². The van der Waals surface area contributed by atoms with Gasteiger partial charge in [0, 0.05) is 18.6 Å². The van der Waals surface area contributed by atoms with Crippen molar-refractivity contribution >= 4 is 17.2 Å². The van der Waals surface area contributed by atoms with Crippen LogP contribution in [0.4, 0.5) is 5.82 Å². The molecule has 6 heteroatoms. The highest BCUT2D eigenvalue weighted by atomic mass is 15.7. The fraction of sp³-hybridized carbons (Fsp3) is 0. The van der Waals surface area contributed by atoms with Gasteiger partial charge in [-0.15, -0.1) is 5.10 Å². The third kappa shape index (κ3) is 2.85. The molecule has 0 radical (unpaired) electrons. The number of pyridine rings is 3. The molecule has 3 aromatic rings. The molecule has 3 aromatic heterocycles. The van der Waals surface area contributed by atoms with E-state index >= 15 is 0 Å². The highest BCUT2D eigenvalue weighted by Crippen LogP contribution is 2.19. The van der Waals surface area contributed by atoms with Gasteiger partial charge in [-0.1, -0.05) is 18.2 Å². The molecule has 4 rings (SSSR count). The highest BCUT2D eigenvalue weighted by molar-refractivity contribution is 6.12. The molecule has 4 heterocycles. The summed E-state index contributed by atoms with van der Waals surface area (Å²) in [5.74, 6) is 0.687. The molecule has 24 heavy (non-hydrogen) atoms. The Hall–Kier alpha value is -3.54. The van der Waals surface area contributed by atoms with Gasteiger partial charge in [-0.3, -0.25) is 15.4 Å². The minimum atomic E-state index is 0.687. The van der Waals surface area contributed by atoms with E-state index in [1.54, 1.807) is 23.7 Å². The predicted molar refractivity (Wildman–Crippen MR) is 92.8 cm³/mol. The molecule has 116 valence electrons. The molecule has 0 saturated heterocycles. The first-order valence-corrected chi connectivity index (χ1v) is 7.51. The maximum absolute atomic E-state index is 4.61. The van der Waals surface area contributed by atoms with Gasteiger partial charge in [0.05, 0.1) is 17.1 Å². The summed E-state index contributed by atoms with van der Waals surface area (Å²) in [7, 11) is 0. The average molecular weight is 314 g/mol. The first kappa shape index (κ1) is 14.1. The van der Waals surface area contributed by atoms with E-state index < -0.39 is 0 Å². The van der Waals surface area contributed by atoms with Gasteiger partial charge in [-0.2, -0.15) is 5.12 Å². The van der Waals surface area contributed by atoms with Crippen molar-refractivity contribution in [3.63, 3.8) is 0 Å². The van der Waals surface area contributed by atoms with E-state index in [0.717, 1.165) is 22.8 Å². The summed E-state index contributed by atoms with van der Waals surface area (Å²) in [6.45, 7) is 0. The summed E-state index contributed by atoms with van der Waals surface area (Å²) in [6, 6.07) is 17.2. The molecule has 1 N–H and O–H groups in total. The van der Waals surface area contributed by atoms with Crippen LogP contribution in [0.1, 0.15) is 11.4 Å². The van der Waals surface area contributed by atoms with E-state index in [1.807, 2.05) is 60.7 Å². The van der Waals surface area contributed by atoms with Crippen LogP contribution >= 0.6 is 0 Å². The lowest BCUT2D eigenvalue weighted by Crippen LogP contribution is -2.37. The summed E-state index contributed by atoms with van der Waals surface area (Å²) >= 11 is 0. The molecule has 0 amide bonds. The Kier molecular flexibility index (Phi) is 3.69. The Morgan fingerprint density at radius 2 is 1.38 bits per heavy atom. The van der Waals surface area contributed by atoms with Crippen molar-refractivity contribution in [2.45, 2.75) is 0 Å². The maximum atomic E-state index is 4.61. The fourth-order valence-corrected chi connectivity index (χ4v) is 2.32. The van der Waals surface area contributed by atoms with Crippen molar-refractivity contribution in [2.75, 3.05) is 5.12 Å². The molecule has 0 unspecified atom stereocenters. The number of hydrazone groups is 1. The molecular formula is C18H14N6. The van der Waals surface area contributed by atoms with E-state index in [2.05, 4.69) is 25.5 Å². The number of hydrogen-bond acceptors (Lipinski definition) is 6. The molecule has 0 bridgehead atoms. The third-order valence-electron chi connectivity index (χ3n) is 3.45. The molecule has 0 fully saturated rings. The van der Waals surface area contributed by atoms with Gasteiger partial charge in [0.15, 0.2) is 5.82 Å². The second-order valence-electron chi connectivity index (χ2n) is 5.08. The van der Waals surface area contributed by atoms with Crippen LogP contribution in [0.2, 0.25) is 0 Å². The summed E-state index contributed by atoms with van der Waals surface area (Å²) in [6.07, 6.45) is 7.17. The minimum Gasteiger partial charge on any atom is -0.274 e. The molecule has 0 spiro atoms. The lowest BCUT2D eigenvalue weighted by atomic mass is 10.1. The Morgan fingerprint density at radius 3 is 2.00 bits per heavy atom. The van der Waals surface area contributed by atoms with Crippen LogP contribution < -0.4 is 10.5 Å². The summed E-state index contributed by atoms with van der Waals surface area (Å²) in [5.41, 5.74) is 6.41. The Morgan fingerprint density at radius 1 is 0.708 bits per heavy atom. The normalized spacial score (nSPS) is 13.8. The quantitative estimate of drug-likeness (QED) is 0.805. The average Bonchev–Trinajstić information content (AvgIpc) is 2.70. The van der Waals surface area contributed by atoms with E-state index in [1.165, 1.54) is 0 Å². The zero-order valence-corrected chi connectivity index (χ0v) is 12.7. The SMILES string of the molecule is C1=C(c2ccccn2)NN(c2ccccn2)N=C1c1ccccn1. The van der Waals surface area contributed by atoms with Gasteiger partial charge in [-0.05, 0) is 42.5 Å². The molecule has 1 aliphatic rings. The van der Waals surface area contributed by atoms with Crippen molar-refractivity contribution in [1.82, 2.24) is 20.4 Å². The summed E-state index contributed by atoms with van der Waals surface area (Å²) in [4.78, 5) is 13.1. The molecular weight excluding hydrogens is 300 g/mol. The van der Waals surface area contributed by atoms with E-state index in [9.17, 15) is 0 Å². The predicted octanol–water partition coefficient (Wildman–Crippen LogP) is 2.64. The smallest absolute Gasteiger partial charge is 0.172 e. The highest BCUT2D eigenvalue weighted by Gasteiger charge is 2.18. The van der Waals surface area contributed by atoms with Crippen molar-refractivity contribution in [3.05, 3.63) is 90.7 Å².